The van der Waals surface area contributed by atoms with Gasteiger partial charge in [-0.25, -0.2) is 0 Å². The van der Waals surface area contributed by atoms with Gasteiger partial charge in [-0.1, -0.05) is 124 Å². The lowest BCUT2D eigenvalue weighted by Crippen LogP contribution is -2.27. The Balaban J connectivity index is 3.81. The van der Waals surface area contributed by atoms with Gasteiger partial charge >= 0.3 is 0 Å². The monoisotopic (exact) mass is 381 g/mol. The summed E-state index contributed by atoms with van der Waals surface area (Å²) >= 11 is 0. The molecule has 0 rings (SSSR count). The van der Waals surface area contributed by atoms with Gasteiger partial charge in [0.25, 0.3) is 0 Å². The highest BCUT2D eigenvalue weighted by Gasteiger charge is 2.05. The average molecular weight is 382 g/mol. The molecule has 0 aliphatic carbocycles. The topological polar surface area (TPSA) is 3.24 Å². The standard InChI is InChI=1S/C26H55N/c1-5-7-9-11-13-15-19-23-27(25-21-17-18-22-26(3)4)24-20-16-14-12-10-8-6-2/h26H,5-25H2,1-4H3. The summed E-state index contributed by atoms with van der Waals surface area (Å²) in [5.74, 6) is 0.876. The number of hydrogen-bond acceptors (Lipinski definition) is 1. The van der Waals surface area contributed by atoms with Gasteiger partial charge in [0.1, 0.15) is 0 Å². The molecule has 0 aromatic heterocycles. The second kappa shape index (κ2) is 22.3. The molecule has 1 heteroatoms. The average Bonchev–Trinajstić information content (AvgIpc) is 2.65. The van der Waals surface area contributed by atoms with Crippen LogP contribution in [0.2, 0.25) is 0 Å². The molecule has 0 saturated heterocycles. The maximum absolute atomic E-state index is 2.80. The van der Waals surface area contributed by atoms with Gasteiger partial charge in [-0.15, -0.1) is 0 Å². The van der Waals surface area contributed by atoms with Gasteiger partial charge in [0.15, 0.2) is 0 Å². The minimum absolute atomic E-state index is 0.876. The van der Waals surface area contributed by atoms with E-state index in [1.165, 1.54) is 135 Å². The Bertz CT molecular complexity index is 243. The van der Waals surface area contributed by atoms with Crippen LogP contribution in [0.5, 0.6) is 0 Å². The first kappa shape index (κ1) is 27.0. The van der Waals surface area contributed by atoms with Crippen molar-refractivity contribution in [2.45, 2.75) is 143 Å². The van der Waals surface area contributed by atoms with Crippen molar-refractivity contribution in [2.24, 2.45) is 5.92 Å². The van der Waals surface area contributed by atoms with E-state index < -0.39 is 0 Å². The predicted octanol–water partition coefficient (Wildman–Crippen LogP) is 9.01. The van der Waals surface area contributed by atoms with Crippen LogP contribution >= 0.6 is 0 Å². The highest BCUT2D eigenvalue weighted by Crippen LogP contribution is 2.12. The zero-order valence-corrected chi connectivity index (χ0v) is 19.9. The van der Waals surface area contributed by atoms with Crippen LogP contribution in [0.3, 0.4) is 0 Å². The van der Waals surface area contributed by atoms with Crippen molar-refractivity contribution in [1.82, 2.24) is 4.90 Å². The van der Waals surface area contributed by atoms with E-state index in [1.54, 1.807) is 0 Å². The molecule has 0 aromatic carbocycles. The molecule has 164 valence electrons. The first-order chi connectivity index (χ1) is 13.2. The van der Waals surface area contributed by atoms with Crippen molar-refractivity contribution < 1.29 is 0 Å². The Labute approximate surface area is 174 Å². The van der Waals surface area contributed by atoms with Crippen LogP contribution in [-0.4, -0.2) is 24.5 Å². The predicted molar refractivity (Wildman–Crippen MR) is 126 cm³/mol. The fraction of sp³-hybridized carbons (Fsp3) is 1.00. The molecular formula is C26H55N. The molecule has 0 heterocycles. The summed E-state index contributed by atoms with van der Waals surface area (Å²) in [6, 6.07) is 0. The Morgan fingerprint density at radius 2 is 0.778 bits per heavy atom. The van der Waals surface area contributed by atoms with Crippen molar-refractivity contribution >= 4 is 0 Å². The molecule has 0 aliphatic heterocycles. The zero-order chi connectivity index (χ0) is 20.0. The molecule has 0 radical (unpaired) electrons. The molecule has 0 bridgehead atoms. The number of unbranched alkanes of at least 4 members (excludes halogenated alkanes) is 14. The van der Waals surface area contributed by atoms with E-state index in [0.717, 1.165) is 5.92 Å². The Morgan fingerprint density at radius 3 is 1.15 bits per heavy atom. The molecule has 0 fully saturated rings. The van der Waals surface area contributed by atoms with Gasteiger partial charge in [0.05, 0.1) is 0 Å². The lowest BCUT2D eigenvalue weighted by molar-refractivity contribution is 0.253. The van der Waals surface area contributed by atoms with Gasteiger partial charge in [0, 0.05) is 0 Å². The Hall–Kier alpha value is -0.0400. The normalized spacial score (nSPS) is 11.8. The second-order valence-electron chi connectivity index (χ2n) is 9.33. The third kappa shape index (κ3) is 22.1. The molecule has 0 amide bonds. The number of rotatable bonds is 22. The van der Waals surface area contributed by atoms with Crippen LogP contribution in [0.25, 0.3) is 0 Å². The number of hydrogen-bond donors (Lipinski definition) is 0. The SMILES string of the molecule is CCCCCCCCCN(CCCCCCCCC)CCCCCC(C)C. The van der Waals surface area contributed by atoms with Crippen molar-refractivity contribution in [3.8, 4) is 0 Å². The lowest BCUT2D eigenvalue weighted by Gasteiger charge is -2.22. The molecule has 0 aliphatic rings. The molecule has 0 N–H and O–H groups in total. The van der Waals surface area contributed by atoms with Gasteiger partial charge in [0.2, 0.25) is 0 Å². The van der Waals surface area contributed by atoms with E-state index in [0.29, 0.717) is 0 Å². The van der Waals surface area contributed by atoms with E-state index in [-0.39, 0.29) is 0 Å². The summed E-state index contributed by atoms with van der Waals surface area (Å²) in [6.07, 6.45) is 25.8. The van der Waals surface area contributed by atoms with Crippen molar-refractivity contribution in [3.05, 3.63) is 0 Å². The Kier molecular flexibility index (Phi) is 22.2. The fourth-order valence-electron chi connectivity index (χ4n) is 3.99. The van der Waals surface area contributed by atoms with Crippen LogP contribution < -0.4 is 0 Å². The third-order valence-corrected chi connectivity index (χ3v) is 5.91. The minimum Gasteiger partial charge on any atom is -0.303 e. The smallest absolute Gasteiger partial charge is 0.00187 e. The molecule has 0 atom stereocenters. The van der Waals surface area contributed by atoms with Crippen molar-refractivity contribution in [3.63, 3.8) is 0 Å². The van der Waals surface area contributed by atoms with E-state index >= 15 is 0 Å². The largest absolute Gasteiger partial charge is 0.303 e. The fourth-order valence-corrected chi connectivity index (χ4v) is 3.99. The second-order valence-corrected chi connectivity index (χ2v) is 9.33. The van der Waals surface area contributed by atoms with E-state index in [4.69, 9.17) is 0 Å². The van der Waals surface area contributed by atoms with E-state index in [9.17, 15) is 0 Å². The highest BCUT2D eigenvalue weighted by molar-refractivity contribution is 4.61. The minimum atomic E-state index is 0.876. The molecule has 0 saturated carbocycles. The zero-order valence-electron chi connectivity index (χ0n) is 19.9. The third-order valence-electron chi connectivity index (χ3n) is 5.91. The molecule has 0 aromatic rings. The summed E-state index contributed by atoms with van der Waals surface area (Å²) in [4.78, 5) is 2.80. The molecule has 27 heavy (non-hydrogen) atoms. The highest BCUT2D eigenvalue weighted by atomic mass is 15.1. The number of nitrogens with zero attached hydrogens (tertiary/aromatic N) is 1. The van der Waals surface area contributed by atoms with Gasteiger partial charge in [-0.05, 0) is 44.8 Å². The van der Waals surface area contributed by atoms with E-state index in [1.807, 2.05) is 0 Å². The van der Waals surface area contributed by atoms with Gasteiger partial charge in [-0.2, -0.15) is 0 Å². The molecule has 1 nitrogen and oxygen atoms in total. The summed E-state index contributed by atoms with van der Waals surface area (Å²) in [5.41, 5.74) is 0. The molecular weight excluding hydrogens is 326 g/mol. The quantitative estimate of drug-likeness (QED) is 0.169. The summed E-state index contributed by atoms with van der Waals surface area (Å²) in [6.45, 7) is 13.4. The van der Waals surface area contributed by atoms with Crippen molar-refractivity contribution in [1.29, 1.82) is 0 Å². The first-order valence-electron chi connectivity index (χ1n) is 12.9. The molecule has 0 spiro atoms. The lowest BCUT2D eigenvalue weighted by atomic mass is 10.0. The summed E-state index contributed by atoms with van der Waals surface area (Å²) < 4.78 is 0. The summed E-state index contributed by atoms with van der Waals surface area (Å²) in [5, 5.41) is 0. The van der Waals surface area contributed by atoms with Crippen molar-refractivity contribution in [2.75, 3.05) is 19.6 Å². The van der Waals surface area contributed by atoms with Gasteiger partial charge < -0.3 is 4.90 Å². The molecule has 0 unspecified atom stereocenters. The first-order valence-corrected chi connectivity index (χ1v) is 12.9. The maximum Gasteiger partial charge on any atom is -0.00187 e. The van der Waals surface area contributed by atoms with Crippen LogP contribution in [0, 0.1) is 5.92 Å². The maximum atomic E-state index is 2.80. The van der Waals surface area contributed by atoms with E-state index in [2.05, 4.69) is 32.6 Å². The van der Waals surface area contributed by atoms with Crippen LogP contribution in [0.15, 0.2) is 0 Å². The van der Waals surface area contributed by atoms with Crippen LogP contribution in [-0.2, 0) is 0 Å². The Morgan fingerprint density at radius 1 is 0.444 bits per heavy atom. The van der Waals surface area contributed by atoms with Crippen LogP contribution in [0.1, 0.15) is 143 Å². The van der Waals surface area contributed by atoms with Gasteiger partial charge in [-0.3, -0.25) is 0 Å². The van der Waals surface area contributed by atoms with Crippen LogP contribution in [0.4, 0.5) is 0 Å². The summed E-state index contributed by atoms with van der Waals surface area (Å²) in [7, 11) is 0.